The molecule has 1 aliphatic rings. The summed E-state index contributed by atoms with van der Waals surface area (Å²) in [7, 11) is 1.62. The molecule has 0 atom stereocenters. The minimum absolute atomic E-state index is 0.158. The van der Waals surface area contributed by atoms with Gasteiger partial charge >= 0.3 is 0 Å². The van der Waals surface area contributed by atoms with Crippen molar-refractivity contribution in [3.63, 3.8) is 0 Å². The Morgan fingerprint density at radius 2 is 2.17 bits per heavy atom. The Bertz CT molecular complexity index is 716. The normalized spacial score (nSPS) is 13.5. The average Bonchev–Trinajstić information content (AvgIpc) is 2.59. The Balaban J connectivity index is 1.99. The first-order valence-corrected chi connectivity index (χ1v) is 8.24. The second-order valence-electron chi connectivity index (χ2n) is 5.29. The fraction of sp³-hybridized carbons (Fsp3) is 0.294. The van der Waals surface area contributed by atoms with Gasteiger partial charge in [-0.3, -0.25) is 0 Å². The largest absolute Gasteiger partial charge is 0.495 e. The molecule has 0 spiro atoms. The molecule has 0 amide bonds. The van der Waals surface area contributed by atoms with E-state index in [4.69, 9.17) is 14.8 Å². The molecule has 23 heavy (non-hydrogen) atoms. The molecule has 6 heteroatoms. The van der Waals surface area contributed by atoms with Crippen LogP contribution in [0.5, 0.6) is 5.75 Å². The van der Waals surface area contributed by atoms with Gasteiger partial charge in [-0.1, -0.05) is 15.9 Å². The van der Waals surface area contributed by atoms with Gasteiger partial charge < -0.3 is 14.7 Å². The average molecular weight is 376 g/mol. The zero-order chi connectivity index (χ0) is 16.2. The first-order valence-electron chi connectivity index (χ1n) is 7.44. The zero-order valence-corrected chi connectivity index (χ0v) is 14.5. The fourth-order valence-electron chi connectivity index (χ4n) is 2.55. The summed E-state index contributed by atoms with van der Waals surface area (Å²) >= 11 is 3.51. The van der Waals surface area contributed by atoms with Crippen LogP contribution in [0.2, 0.25) is 0 Å². The van der Waals surface area contributed by atoms with E-state index >= 15 is 0 Å². The predicted molar refractivity (Wildman–Crippen MR) is 93.2 cm³/mol. The third-order valence-corrected chi connectivity index (χ3v) is 4.21. The molecule has 0 saturated heterocycles. The zero-order valence-electron chi connectivity index (χ0n) is 12.9. The van der Waals surface area contributed by atoms with E-state index in [1.54, 1.807) is 13.3 Å². The summed E-state index contributed by atoms with van der Waals surface area (Å²) in [5.41, 5.74) is 2.92. The number of halogens is 1. The Labute approximate surface area is 143 Å². The molecule has 2 aromatic rings. The number of ether oxygens (including phenoxy) is 1. The molecule has 3 rings (SSSR count). The van der Waals surface area contributed by atoms with Crippen LogP contribution in [0.4, 0.5) is 5.69 Å². The number of aliphatic hydroxyl groups is 1. The second-order valence-corrected chi connectivity index (χ2v) is 6.21. The lowest BCUT2D eigenvalue weighted by Crippen LogP contribution is -2.35. The van der Waals surface area contributed by atoms with Crippen LogP contribution in [0.15, 0.2) is 46.0 Å². The molecule has 0 radical (unpaired) electrons. The Morgan fingerprint density at radius 3 is 2.87 bits per heavy atom. The number of amidine groups is 1. The number of aromatic nitrogens is 1. The fourth-order valence-corrected chi connectivity index (χ4v) is 2.96. The van der Waals surface area contributed by atoms with Crippen LogP contribution in [0.1, 0.15) is 17.7 Å². The van der Waals surface area contributed by atoms with E-state index in [1.807, 2.05) is 24.3 Å². The summed E-state index contributed by atoms with van der Waals surface area (Å²) in [6, 6.07) is 9.87. The SMILES string of the molecule is COc1ccc(C2=Nc3ccc(Br)cc3CN2CCCO)nc1. The first-order chi connectivity index (χ1) is 11.2. The third kappa shape index (κ3) is 3.54. The van der Waals surface area contributed by atoms with Gasteiger partial charge in [0.1, 0.15) is 11.4 Å². The summed E-state index contributed by atoms with van der Waals surface area (Å²) in [6.45, 7) is 1.64. The lowest BCUT2D eigenvalue weighted by atomic mass is 10.1. The van der Waals surface area contributed by atoms with Crippen molar-refractivity contribution in [1.82, 2.24) is 9.88 Å². The minimum Gasteiger partial charge on any atom is -0.495 e. The molecule has 2 heterocycles. The Kier molecular flexibility index (Phi) is 4.93. The topological polar surface area (TPSA) is 58.0 Å². The number of aliphatic imine (C=N–C) groups is 1. The molecule has 120 valence electrons. The lowest BCUT2D eigenvalue weighted by Gasteiger charge is -2.30. The van der Waals surface area contributed by atoms with Gasteiger partial charge in [0.2, 0.25) is 0 Å². The number of hydrogen-bond donors (Lipinski definition) is 1. The van der Waals surface area contributed by atoms with Gasteiger partial charge in [0.25, 0.3) is 0 Å². The van der Waals surface area contributed by atoms with Gasteiger partial charge in [-0.15, -0.1) is 0 Å². The lowest BCUT2D eigenvalue weighted by molar-refractivity contribution is 0.264. The van der Waals surface area contributed by atoms with Crippen molar-refractivity contribution in [3.05, 3.63) is 52.3 Å². The molecule has 0 saturated carbocycles. The number of rotatable bonds is 5. The number of fused-ring (bicyclic) bond motifs is 1. The highest BCUT2D eigenvalue weighted by Crippen LogP contribution is 2.30. The number of hydrogen-bond acceptors (Lipinski definition) is 5. The van der Waals surface area contributed by atoms with Crippen LogP contribution in [0.3, 0.4) is 0 Å². The van der Waals surface area contributed by atoms with Crippen molar-refractivity contribution in [2.75, 3.05) is 20.3 Å². The monoisotopic (exact) mass is 375 g/mol. The predicted octanol–water partition coefficient (Wildman–Crippen LogP) is 3.13. The van der Waals surface area contributed by atoms with Crippen LogP contribution in [-0.2, 0) is 6.54 Å². The van der Waals surface area contributed by atoms with Crippen molar-refractivity contribution in [2.24, 2.45) is 4.99 Å². The summed E-state index contributed by atoms with van der Waals surface area (Å²) in [5, 5.41) is 9.16. The molecule has 1 N–H and O–H groups in total. The number of aliphatic hydroxyl groups excluding tert-OH is 1. The molecule has 1 aromatic heterocycles. The van der Waals surface area contributed by atoms with Crippen molar-refractivity contribution in [3.8, 4) is 5.75 Å². The third-order valence-electron chi connectivity index (χ3n) is 3.72. The van der Waals surface area contributed by atoms with Gasteiger partial charge in [-0.05, 0) is 42.3 Å². The molecule has 0 fully saturated rings. The smallest absolute Gasteiger partial charge is 0.155 e. The number of benzene rings is 1. The van der Waals surface area contributed by atoms with E-state index in [0.29, 0.717) is 6.42 Å². The van der Waals surface area contributed by atoms with Gasteiger partial charge in [0, 0.05) is 24.2 Å². The maximum atomic E-state index is 9.16. The maximum absolute atomic E-state index is 9.16. The van der Waals surface area contributed by atoms with Crippen LogP contribution < -0.4 is 4.74 Å². The maximum Gasteiger partial charge on any atom is 0.155 e. The Morgan fingerprint density at radius 1 is 1.30 bits per heavy atom. The molecule has 0 aliphatic carbocycles. The molecule has 0 unspecified atom stereocenters. The van der Waals surface area contributed by atoms with E-state index in [1.165, 1.54) is 0 Å². The quantitative estimate of drug-likeness (QED) is 0.871. The van der Waals surface area contributed by atoms with Gasteiger partial charge in [-0.25, -0.2) is 9.98 Å². The van der Waals surface area contributed by atoms with Crippen molar-refractivity contribution >= 4 is 27.5 Å². The van der Waals surface area contributed by atoms with Gasteiger partial charge in [0.15, 0.2) is 5.84 Å². The molecule has 1 aliphatic heterocycles. The summed E-state index contributed by atoms with van der Waals surface area (Å²) in [4.78, 5) is 11.4. The Hall–Kier alpha value is -1.92. The first kappa shape index (κ1) is 16.0. The molecular formula is C17H18BrN3O2. The molecule has 0 bridgehead atoms. The van der Waals surface area contributed by atoms with Gasteiger partial charge in [0.05, 0.1) is 19.0 Å². The minimum atomic E-state index is 0.158. The highest BCUT2D eigenvalue weighted by atomic mass is 79.9. The number of pyridine rings is 1. The van der Waals surface area contributed by atoms with Crippen molar-refractivity contribution in [1.29, 1.82) is 0 Å². The molecule has 5 nitrogen and oxygen atoms in total. The van der Waals surface area contributed by atoms with E-state index in [0.717, 1.165) is 46.1 Å². The van der Waals surface area contributed by atoms with E-state index in [2.05, 4.69) is 31.9 Å². The number of nitrogens with zero attached hydrogens (tertiary/aromatic N) is 3. The summed E-state index contributed by atoms with van der Waals surface area (Å²) < 4.78 is 6.20. The highest BCUT2D eigenvalue weighted by molar-refractivity contribution is 9.10. The number of methoxy groups -OCH3 is 1. The van der Waals surface area contributed by atoms with Crippen LogP contribution in [-0.4, -0.2) is 41.1 Å². The van der Waals surface area contributed by atoms with Crippen molar-refractivity contribution < 1.29 is 9.84 Å². The van der Waals surface area contributed by atoms with Crippen LogP contribution >= 0.6 is 15.9 Å². The van der Waals surface area contributed by atoms with E-state index in [9.17, 15) is 0 Å². The summed E-state index contributed by atoms with van der Waals surface area (Å²) in [5.74, 6) is 1.55. The molecular weight excluding hydrogens is 358 g/mol. The summed E-state index contributed by atoms with van der Waals surface area (Å²) in [6.07, 6.45) is 2.39. The standard InChI is InChI=1S/C17H18BrN3O2/c1-23-14-4-6-16(19-10-14)17-20-15-5-3-13(18)9-12(15)11-21(17)7-2-8-22/h3-6,9-10,22H,2,7-8,11H2,1H3. The van der Waals surface area contributed by atoms with Crippen LogP contribution in [0, 0.1) is 0 Å². The van der Waals surface area contributed by atoms with Gasteiger partial charge in [-0.2, -0.15) is 0 Å². The molecule has 1 aromatic carbocycles. The van der Waals surface area contributed by atoms with Crippen molar-refractivity contribution in [2.45, 2.75) is 13.0 Å². The highest BCUT2D eigenvalue weighted by Gasteiger charge is 2.22. The second kappa shape index (κ2) is 7.10. The van der Waals surface area contributed by atoms with E-state index in [-0.39, 0.29) is 6.61 Å². The van der Waals surface area contributed by atoms with Crippen LogP contribution in [0.25, 0.3) is 0 Å². The van der Waals surface area contributed by atoms with E-state index < -0.39 is 0 Å².